The number of hydrogen-bond donors (Lipinski definition) is 1. The van der Waals surface area contributed by atoms with Gasteiger partial charge in [0.2, 0.25) is 0 Å². The fraction of sp³-hybridized carbons (Fsp3) is 0.348. The van der Waals surface area contributed by atoms with Crippen molar-refractivity contribution in [2.75, 3.05) is 31.5 Å². The molecule has 0 amide bonds. The molecule has 0 saturated carbocycles. The highest BCUT2D eigenvalue weighted by atomic mass is 35.5. The first-order valence-electron chi connectivity index (χ1n) is 10.2. The molecule has 0 spiro atoms. The number of anilines is 1. The van der Waals surface area contributed by atoms with E-state index in [1.165, 1.54) is 6.92 Å². The van der Waals surface area contributed by atoms with Crippen LogP contribution in [0.5, 0.6) is 0 Å². The predicted molar refractivity (Wildman–Crippen MR) is 123 cm³/mol. The molecule has 1 heterocycles. The summed E-state index contributed by atoms with van der Waals surface area (Å²) in [5.41, 5.74) is 3.25. The molecule has 1 aliphatic rings. The van der Waals surface area contributed by atoms with E-state index in [4.69, 9.17) is 26.3 Å². The van der Waals surface area contributed by atoms with Crippen LogP contribution in [-0.2, 0) is 9.53 Å². The third-order valence-electron chi connectivity index (χ3n) is 4.90. The Labute approximate surface area is 182 Å². The Morgan fingerprint density at radius 1 is 1.20 bits per heavy atom. The molecular formula is C23H27ClN4O2. The van der Waals surface area contributed by atoms with E-state index in [9.17, 15) is 4.79 Å². The molecule has 30 heavy (non-hydrogen) atoms. The number of likely N-dealkylation sites (N-methyl/N-ethyl adjacent to an activating group) is 1. The number of benzene rings is 2. The largest absolute Gasteiger partial charge is 0.432 e. The van der Waals surface area contributed by atoms with Gasteiger partial charge in [-0.05, 0) is 31.3 Å². The number of aliphatic imine (C=N–C) groups is 2. The smallest absolute Gasteiger partial charge is 0.304 e. The Morgan fingerprint density at radius 2 is 1.93 bits per heavy atom. The normalized spacial score (nSPS) is 17.2. The topological polar surface area (TPSA) is 66.3 Å². The molecule has 1 atom stereocenters. The van der Waals surface area contributed by atoms with Gasteiger partial charge in [-0.15, -0.1) is 0 Å². The predicted octanol–water partition coefficient (Wildman–Crippen LogP) is 4.23. The van der Waals surface area contributed by atoms with E-state index in [0.29, 0.717) is 23.1 Å². The Bertz CT molecular complexity index is 939. The lowest BCUT2D eigenvalue weighted by Gasteiger charge is -2.18. The zero-order valence-electron chi connectivity index (χ0n) is 17.6. The number of ether oxygens (including phenoxy) is 1. The third kappa shape index (κ3) is 5.46. The van der Waals surface area contributed by atoms with Gasteiger partial charge in [0, 0.05) is 35.3 Å². The van der Waals surface area contributed by atoms with E-state index in [1.54, 1.807) is 0 Å². The first-order valence-corrected chi connectivity index (χ1v) is 10.5. The number of rotatable bonds is 7. The molecule has 0 saturated heterocycles. The van der Waals surface area contributed by atoms with E-state index in [0.717, 1.165) is 36.4 Å². The van der Waals surface area contributed by atoms with Crippen molar-refractivity contribution < 1.29 is 9.53 Å². The average Bonchev–Trinajstić information content (AvgIpc) is 2.88. The van der Waals surface area contributed by atoms with Crippen LogP contribution >= 0.6 is 11.6 Å². The Hall–Kier alpha value is -2.70. The molecule has 1 N–H and O–H groups in total. The van der Waals surface area contributed by atoms with Crippen LogP contribution in [0.15, 0.2) is 58.5 Å². The van der Waals surface area contributed by atoms with Gasteiger partial charge < -0.3 is 15.0 Å². The number of fused-ring (bicyclic) bond motifs is 1. The fourth-order valence-corrected chi connectivity index (χ4v) is 3.48. The molecule has 1 unspecified atom stereocenters. The van der Waals surface area contributed by atoms with Crippen LogP contribution in [0.1, 0.15) is 31.9 Å². The highest BCUT2D eigenvalue weighted by Crippen LogP contribution is 2.28. The van der Waals surface area contributed by atoms with Crippen LogP contribution in [0, 0.1) is 0 Å². The van der Waals surface area contributed by atoms with Gasteiger partial charge in [-0.3, -0.25) is 9.79 Å². The van der Waals surface area contributed by atoms with Crippen molar-refractivity contribution in [1.82, 2.24) is 4.90 Å². The van der Waals surface area contributed by atoms with Gasteiger partial charge in [0.1, 0.15) is 0 Å². The molecule has 0 bridgehead atoms. The summed E-state index contributed by atoms with van der Waals surface area (Å²) in [5.74, 6) is 0.0882. The molecule has 0 aromatic heterocycles. The highest BCUT2D eigenvalue weighted by molar-refractivity contribution is 6.32. The van der Waals surface area contributed by atoms with E-state index >= 15 is 0 Å². The SMILES string of the molecule is CCN(CC)CCN=C1Nc2ccc(Cl)cc2C(c2ccccc2)=NC1OC(C)=O. The second kappa shape index (κ2) is 10.4. The van der Waals surface area contributed by atoms with Crippen molar-refractivity contribution in [2.24, 2.45) is 9.98 Å². The minimum Gasteiger partial charge on any atom is -0.432 e. The summed E-state index contributed by atoms with van der Waals surface area (Å²) in [6, 6.07) is 15.3. The van der Waals surface area contributed by atoms with Gasteiger partial charge in [0.15, 0.2) is 5.84 Å². The fourth-order valence-electron chi connectivity index (χ4n) is 3.30. The zero-order valence-corrected chi connectivity index (χ0v) is 18.3. The number of halogens is 1. The van der Waals surface area contributed by atoms with Crippen LogP contribution in [0.2, 0.25) is 5.02 Å². The summed E-state index contributed by atoms with van der Waals surface area (Å²) in [4.78, 5) is 23.6. The van der Waals surface area contributed by atoms with Gasteiger partial charge in [0.25, 0.3) is 6.23 Å². The van der Waals surface area contributed by atoms with Gasteiger partial charge in [0.05, 0.1) is 12.3 Å². The van der Waals surface area contributed by atoms with Gasteiger partial charge in [-0.1, -0.05) is 55.8 Å². The molecule has 7 heteroatoms. The number of hydrogen-bond acceptors (Lipinski definition) is 5. The van der Waals surface area contributed by atoms with Crippen molar-refractivity contribution in [3.8, 4) is 0 Å². The summed E-state index contributed by atoms with van der Waals surface area (Å²) >= 11 is 6.29. The van der Waals surface area contributed by atoms with Crippen molar-refractivity contribution in [3.05, 3.63) is 64.7 Å². The number of benzodiazepines with no additional fused rings is 1. The Kier molecular flexibility index (Phi) is 7.60. The van der Waals surface area contributed by atoms with Crippen molar-refractivity contribution >= 4 is 34.8 Å². The van der Waals surface area contributed by atoms with Crippen LogP contribution in [0.3, 0.4) is 0 Å². The lowest BCUT2D eigenvalue weighted by Crippen LogP contribution is -2.32. The van der Waals surface area contributed by atoms with Crippen LogP contribution < -0.4 is 5.32 Å². The minimum absolute atomic E-state index is 0.418. The Balaban J connectivity index is 2.05. The summed E-state index contributed by atoms with van der Waals surface area (Å²) in [6.45, 7) is 8.92. The third-order valence-corrected chi connectivity index (χ3v) is 5.13. The van der Waals surface area contributed by atoms with E-state index in [-0.39, 0.29) is 0 Å². The number of esters is 1. The van der Waals surface area contributed by atoms with E-state index < -0.39 is 12.2 Å². The maximum atomic E-state index is 11.8. The number of carbonyl (C=O) groups is 1. The molecule has 1 aliphatic heterocycles. The van der Waals surface area contributed by atoms with Crippen molar-refractivity contribution in [2.45, 2.75) is 27.0 Å². The maximum Gasteiger partial charge on any atom is 0.304 e. The van der Waals surface area contributed by atoms with Gasteiger partial charge >= 0.3 is 5.97 Å². The number of carbonyl (C=O) groups excluding carboxylic acids is 1. The lowest BCUT2D eigenvalue weighted by atomic mass is 10.0. The summed E-state index contributed by atoms with van der Waals surface area (Å²) in [5, 5.41) is 3.93. The quantitative estimate of drug-likeness (QED) is 0.673. The van der Waals surface area contributed by atoms with Crippen LogP contribution in [-0.4, -0.2) is 54.8 Å². The first kappa shape index (κ1) is 22.0. The summed E-state index contributed by atoms with van der Waals surface area (Å²) < 4.78 is 5.54. The number of amidine groups is 1. The number of nitrogens with one attached hydrogen (secondary N) is 1. The van der Waals surface area contributed by atoms with E-state index in [2.05, 4.69) is 24.1 Å². The molecule has 0 radical (unpaired) electrons. The van der Waals surface area contributed by atoms with Crippen molar-refractivity contribution in [3.63, 3.8) is 0 Å². The monoisotopic (exact) mass is 426 g/mol. The molecule has 3 rings (SSSR count). The zero-order chi connectivity index (χ0) is 21.5. The van der Waals surface area contributed by atoms with Gasteiger partial charge in [-0.2, -0.15) is 0 Å². The second-order valence-corrected chi connectivity index (χ2v) is 7.35. The second-order valence-electron chi connectivity index (χ2n) is 6.91. The molecule has 0 aliphatic carbocycles. The van der Waals surface area contributed by atoms with Gasteiger partial charge in [-0.25, -0.2) is 4.99 Å². The maximum absolute atomic E-state index is 11.8. The summed E-state index contributed by atoms with van der Waals surface area (Å²) in [7, 11) is 0. The minimum atomic E-state index is -0.861. The molecule has 0 fully saturated rings. The molecular weight excluding hydrogens is 400 g/mol. The van der Waals surface area contributed by atoms with Crippen LogP contribution in [0.25, 0.3) is 0 Å². The molecule has 6 nitrogen and oxygen atoms in total. The average molecular weight is 427 g/mol. The molecule has 158 valence electrons. The summed E-state index contributed by atoms with van der Waals surface area (Å²) in [6.07, 6.45) is -0.861. The molecule has 2 aromatic rings. The highest BCUT2D eigenvalue weighted by Gasteiger charge is 2.26. The molecule has 2 aromatic carbocycles. The van der Waals surface area contributed by atoms with Crippen LogP contribution in [0.4, 0.5) is 5.69 Å². The van der Waals surface area contributed by atoms with Crippen molar-refractivity contribution in [1.29, 1.82) is 0 Å². The Morgan fingerprint density at radius 3 is 2.60 bits per heavy atom. The first-order chi connectivity index (χ1) is 14.5. The number of nitrogens with zero attached hydrogens (tertiary/aromatic N) is 3. The standard InChI is InChI=1S/C23H27ClN4O2/c1-4-28(5-2)14-13-25-22-23(30-16(3)29)27-21(17-9-7-6-8-10-17)19-15-18(24)11-12-20(19)26-22/h6-12,15,23H,4-5,13-14H2,1-3H3,(H,25,26). The lowest BCUT2D eigenvalue weighted by molar-refractivity contribution is -0.142. The van der Waals surface area contributed by atoms with E-state index in [1.807, 2.05) is 48.5 Å².